The van der Waals surface area contributed by atoms with E-state index in [-0.39, 0.29) is 43.3 Å². The average molecular weight is 629 g/mol. The van der Waals surface area contributed by atoms with Crippen molar-refractivity contribution in [3.8, 4) is 11.5 Å². The number of methoxy groups -OCH3 is 1. The van der Waals surface area contributed by atoms with E-state index < -0.39 is 18.2 Å². The van der Waals surface area contributed by atoms with Crippen LogP contribution in [0.2, 0.25) is 0 Å². The Morgan fingerprint density at radius 3 is 2.57 bits per heavy atom. The van der Waals surface area contributed by atoms with Crippen LogP contribution in [0.1, 0.15) is 62.7 Å². The van der Waals surface area contributed by atoms with Crippen LogP contribution in [0.15, 0.2) is 23.8 Å². The van der Waals surface area contributed by atoms with Gasteiger partial charge in [0, 0.05) is 36.6 Å². The number of rotatable bonds is 11. The molecule has 0 spiro atoms. The minimum atomic E-state index is -1.10. The smallest absolute Gasteiger partial charge is 0.247 e. The molecule has 9 nitrogen and oxygen atoms in total. The molecule has 3 rings (SSSR count). The number of amides is 2. The Labute approximate surface area is 231 Å². The minimum Gasteiger partial charge on any atom is -0.493 e. The van der Waals surface area contributed by atoms with Crippen molar-refractivity contribution in [2.45, 2.75) is 76.7 Å². The summed E-state index contributed by atoms with van der Waals surface area (Å²) in [5.41, 5.74) is 0.801. The van der Waals surface area contributed by atoms with E-state index in [1.807, 2.05) is 36.4 Å². The van der Waals surface area contributed by atoms with Gasteiger partial charge in [-0.15, -0.1) is 0 Å². The van der Waals surface area contributed by atoms with Crippen LogP contribution in [0.3, 0.4) is 0 Å². The number of benzene rings is 1. The van der Waals surface area contributed by atoms with E-state index in [0.717, 1.165) is 25.7 Å². The summed E-state index contributed by atoms with van der Waals surface area (Å²) in [5, 5.41) is 23.5. The number of hydrogen-bond donors (Lipinski definition) is 3. The second kappa shape index (κ2) is 13.6. The molecule has 2 amide bonds. The molecule has 1 aromatic rings. The largest absolute Gasteiger partial charge is 0.493 e. The number of nitrogens with one attached hydrogen (secondary N) is 1. The van der Waals surface area contributed by atoms with E-state index in [0.29, 0.717) is 38.9 Å². The fraction of sp³-hybridized carbons (Fsp3) is 0.593. The van der Waals surface area contributed by atoms with Crippen LogP contribution in [-0.4, -0.2) is 77.8 Å². The van der Waals surface area contributed by atoms with Crippen molar-refractivity contribution in [1.82, 2.24) is 10.2 Å². The third kappa shape index (κ3) is 7.23. The number of ether oxygens (including phenoxy) is 2. The molecule has 0 heterocycles. The lowest BCUT2D eigenvalue weighted by Gasteiger charge is -2.43. The monoisotopic (exact) mass is 628 g/mol. The quantitative estimate of drug-likeness (QED) is 0.254. The predicted molar refractivity (Wildman–Crippen MR) is 147 cm³/mol. The Morgan fingerprint density at radius 2 is 1.97 bits per heavy atom. The highest BCUT2D eigenvalue weighted by Crippen LogP contribution is 2.38. The number of aliphatic hydroxyl groups is 2. The van der Waals surface area contributed by atoms with Crippen LogP contribution >= 0.6 is 22.6 Å². The Hall–Kier alpha value is -2.18. The summed E-state index contributed by atoms with van der Waals surface area (Å²) in [7, 11) is 1.46. The molecule has 2 aliphatic rings. The van der Waals surface area contributed by atoms with E-state index in [9.17, 15) is 24.6 Å². The molecule has 37 heavy (non-hydrogen) atoms. The van der Waals surface area contributed by atoms with Crippen LogP contribution < -0.4 is 14.8 Å². The van der Waals surface area contributed by atoms with Gasteiger partial charge in [-0.2, -0.15) is 0 Å². The Bertz CT molecular complexity index is 1010. The third-order valence-electron chi connectivity index (χ3n) is 6.80. The number of nitrogens with zero attached hydrogens (tertiary/aromatic N) is 1. The zero-order valence-corrected chi connectivity index (χ0v) is 23.8. The number of carbonyl (C=O) groups excluding carboxylic acids is 3. The summed E-state index contributed by atoms with van der Waals surface area (Å²) in [6.07, 6.45) is 4.50. The van der Waals surface area contributed by atoms with Crippen molar-refractivity contribution in [2.75, 3.05) is 20.3 Å². The lowest BCUT2D eigenvalue weighted by atomic mass is 9.86. The van der Waals surface area contributed by atoms with Crippen LogP contribution in [0.5, 0.6) is 11.5 Å². The molecule has 3 N–H and O–H groups in total. The summed E-state index contributed by atoms with van der Waals surface area (Å²) in [6, 6.07) is 2.53. The third-order valence-corrected chi connectivity index (χ3v) is 7.60. The van der Waals surface area contributed by atoms with E-state index in [1.54, 1.807) is 23.1 Å². The van der Waals surface area contributed by atoms with Crippen molar-refractivity contribution in [1.29, 1.82) is 0 Å². The topological polar surface area (TPSA) is 125 Å². The zero-order chi connectivity index (χ0) is 27.1. The molecule has 0 radical (unpaired) electrons. The van der Waals surface area contributed by atoms with Crippen LogP contribution in [-0.2, 0) is 9.59 Å². The van der Waals surface area contributed by atoms with Gasteiger partial charge in [0.2, 0.25) is 11.8 Å². The van der Waals surface area contributed by atoms with Crippen molar-refractivity contribution in [3.63, 3.8) is 0 Å². The fourth-order valence-corrected chi connectivity index (χ4v) is 5.86. The molecule has 0 bridgehead atoms. The van der Waals surface area contributed by atoms with Gasteiger partial charge in [-0.05, 0) is 59.6 Å². The molecule has 0 unspecified atom stereocenters. The molecule has 0 saturated heterocycles. The van der Waals surface area contributed by atoms with E-state index in [1.165, 1.54) is 7.11 Å². The minimum absolute atomic E-state index is 0.00653. The van der Waals surface area contributed by atoms with Crippen molar-refractivity contribution >= 4 is 40.7 Å². The first-order valence-corrected chi connectivity index (χ1v) is 13.9. The van der Waals surface area contributed by atoms with Crippen molar-refractivity contribution in [2.24, 2.45) is 5.92 Å². The Morgan fingerprint density at radius 1 is 1.27 bits per heavy atom. The van der Waals surface area contributed by atoms with Gasteiger partial charge < -0.3 is 29.9 Å². The van der Waals surface area contributed by atoms with Crippen LogP contribution in [0.4, 0.5) is 0 Å². The maximum atomic E-state index is 13.5. The molecule has 3 atom stereocenters. The molecule has 2 aliphatic carbocycles. The highest BCUT2D eigenvalue weighted by molar-refractivity contribution is 14.1. The molecule has 10 heteroatoms. The van der Waals surface area contributed by atoms with Crippen LogP contribution in [0.25, 0.3) is 0 Å². The number of aldehydes is 1. The molecule has 204 valence electrons. The summed E-state index contributed by atoms with van der Waals surface area (Å²) in [5.74, 6) is 0.399. The van der Waals surface area contributed by atoms with Gasteiger partial charge in [0.15, 0.2) is 11.5 Å². The lowest BCUT2D eigenvalue weighted by Crippen LogP contribution is -2.57. The number of aliphatic hydroxyl groups excluding tert-OH is 2. The Balaban J connectivity index is 2.02. The normalized spacial score (nSPS) is 21.9. The van der Waals surface area contributed by atoms with Gasteiger partial charge >= 0.3 is 0 Å². The molecular weight excluding hydrogens is 591 g/mol. The second-order valence-electron chi connectivity index (χ2n) is 10.0. The molecule has 1 saturated carbocycles. The summed E-state index contributed by atoms with van der Waals surface area (Å²) < 4.78 is 12.3. The maximum Gasteiger partial charge on any atom is 0.247 e. The molecule has 0 aliphatic heterocycles. The fourth-order valence-electron chi connectivity index (χ4n) is 5.10. The van der Waals surface area contributed by atoms with Crippen molar-refractivity contribution < 1.29 is 34.1 Å². The second-order valence-corrected chi connectivity index (χ2v) is 11.2. The lowest BCUT2D eigenvalue weighted by molar-refractivity contribution is -0.142. The number of hydrogen-bond acceptors (Lipinski definition) is 7. The highest BCUT2D eigenvalue weighted by Gasteiger charge is 2.43. The standard InChI is InChI=1S/C27H37IN2O7/c1-16(2)10-24(33)30(19-6-4-5-7-19)21-13-18(27(35)29-8-9-31)14-22(25(21)34)37-26-20(28)11-17(15-32)12-23(26)36-3/h11-12,14-16,19,21-22,25,31,34H,4-10,13H2,1-3H3,(H,29,35)/t21-,22+,25+/m1/s1. The number of carbonyl (C=O) groups is 3. The van der Waals surface area contributed by atoms with Crippen LogP contribution in [0, 0.1) is 9.49 Å². The van der Waals surface area contributed by atoms with Gasteiger partial charge in [-0.1, -0.05) is 26.7 Å². The van der Waals surface area contributed by atoms with Gasteiger partial charge in [0.1, 0.15) is 18.5 Å². The first kappa shape index (κ1) is 29.4. The molecule has 0 aromatic heterocycles. The van der Waals surface area contributed by atoms with E-state index in [2.05, 4.69) is 5.32 Å². The average Bonchev–Trinajstić information content (AvgIpc) is 3.39. The van der Waals surface area contributed by atoms with Gasteiger partial charge in [-0.3, -0.25) is 14.4 Å². The van der Waals surface area contributed by atoms with Gasteiger partial charge in [0.05, 0.1) is 23.3 Å². The maximum absolute atomic E-state index is 13.5. The van der Waals surface area contributed by atoms with Gasteiger partial charge in [0.25, 0.3) is 0 Å². The Kier molecular flexibility index (Phi) is 10.8. The highest BCUT2D eigenvalue weighted by atomic mass is 127. The first-order chi connectivity index (χ1) is 17.7. The summed E-state index contributed by atoms with van der Waals surface area (Å²) in [6.45, 7) is 3.86. The van der Waals surface area contributed by atoms with Crippen molar-refractivity contribution in [3.05, 3.63) is 32.9 Å². The summed E-state index contributed by atoms with van der Waals surface area (Å²) in [4.78, 5) is 39.6. The van der Waals surface area contributed by atoms with E-state index >= 15 is 0 Å². The number of halogens is 1. The zero-order valence-electron chi connectivity index (χ0n) is 21.6. The van der Waals surface area contributed by atoms with Gasteiger partial charge in [-0.25, -0.2) is 0 Å². The molecule has 1 fully saturated rings. The predicted octanol–water partition coefficient (Wildman–Crippen LogP) is 2.85. The first-order valence-electron chi connectivity index (χ1n) is 12.8. The SMILES string of the molecule is COc1cc(C=O)cc(I)c1O[C@H]1C=C(C(=O)NCCO)C[C@@H](N(C(=O)CC(C)C)C2CCCC2)[C@@H]1O. The molecular formula is C27H37IN2O7. The molecule has 1 aromatic carbocycles. The summed E-state index contributed by atoms with van der Waals surface area (Å²) >= 11 is 2.03. The van der Waals surface area contributed by atoms with E-state index in [4.69, 9.17) is 9.47 Å².